The van der Waals surface area contributed by atoms with Gasteiger partial charge >= 0.3 is 6.18 Å². The molecule has 1 aliphatic heterocycles. The second-order valence-electron chi connectivity index (χ2n) is 5.86. The zero-order valence-electron chi connectivity index (χ0n) is 14.4. The molecule has 1 saturated heterocycles. The monoisotopic (exact) mass is 337 g/mol. The molecule has 0 radical (unpaired) electrons. The molecule has 23 heavy (non-hydrogen) atoms. The van der Waals surface area contributed by atoms with Crippen LogP contribution in [-0.2, 0) is 0 Å². The Morgan fingerprint density at radius 1 is 1.30 bits per heavy atom. The number of alkyl halides is 3. The first-order chi connectivity index (χ1) is 10.9. The van der Waals surface area contributed by atoms with E-state index in [1.807, 2.05) is 0 Å². The number of hydrogen-bond acceptors (Lipinski definition) is 3. The number of guanidine groups is 1. The minimum atomic E-state index is -4.13. The van der Waals surface area contributed by atoms with Crippen LogP contribution in [0.4, 0.5) is 13.2 Å². The Morgan fingerprint density at radius 3 is 2.57 bits per heavy atom. The fraction of sp³-hybridized carbons (Fsp3) is 0.933. The summed E-state index contributed by atoms with van der Waals surface area (Å²) in [7, 11) is 1.68. The van der Waals surface area contributed by atoms with Crippen LogP contribution in [0.15, 0.2) is 4.99 Å². The van der Waals surface area contributed by atoms with Crippen LogP contribution in [0.2, 0.25) is 0 Å². The second kappa shape index (κ2) is 9.97. The predicted molar refractivity (Wildman–Crippen MR) is 87.8 cm³/mol. The van der Waals surface area contributed by atoms with Crippen LogP contribution in [0, 0.1) is 0 Å². The first-order valence-electron chi connectivity index (χ1n) is 8.36. The summed E-state index contributed by atoms with van der Waals surface area (Å²) in [5, 5.41) is 6.45. The van der Waals surface area contributed by atoms with Crippen LogP contribution in [0.5, 0.6) is 0 Å². The van der Waals surface area contributed by atoms with E-state index in [0.29, 0.717) is 25.5 Å². The van der Waals surface area contributed by atoms with Gasteiger partial charge in [-0.1, -0.05) is 13.8 Å². The highest BCUT2D eigenvalue weighted by molar-refractivity contribution is 5.79. The van der Waals surface area contributed by atoms with Gasteiger partial charge in [-0.3, -0.25) is 9.89 Å². The van der Waals surface area contributed by atoms with Crippen molar-refractivity contribution in [3.8, 4) is 0 Å². The Bertz CT molecular complexity index is 356. The number of hydrogen-bond donors (Lipinski definition) is 2. The molecule has 1 unspecified atom stereocenters. The van der Waals surface area contributed by atoms with E-state index in [2.05, 4.69) is 34.4 Å². The van der Waals surface area contributed by atoms with E-state index in [-0.39, 0.29) is 6.04 Å². The summed E-state index contributed by atoms with van der Waals surface area (Å²) in [4.78, 5) is 7.94. The smallest absolute Gasteiger partial charge is 0.356 e. The SMILES string of the molecule is CCN(CC)CCCNC(=NC)NC1CCN(CC(F)(F)F)C1. The fourth-order valence-corrected chi connectivity index (χ4v) is 2.78. The summed E-state index contributed by atoms with van der Waals surface area (Å²) >= 11 is 0. The molecule has 0 spiro atoms. The van der Waals surface area contributed by atoms with Crippen LogP contribution in [-0.4, -0.2) is 80.8 Å². The quantitative estimate of drug-likeness (QED) is 0.400. The Hall–Kier alpha value is -1.02. The first-order valence-corrected chi connectivity index (χ1v) is 8.36. The number of aliphatic imine (C=N–C) groups is 1. The van der Waals surface area contributed by atoms with Crippen LogP contribution in [0.3, 0.4) is 0 Å². The molecule has 0 aliphatic carbocycles. The van der Waals surface area contributed by atoms with Crippen molar-refractivity contribution >= 4 is 5.96 Å². The van der Waals surface area contributed by atoms with Gasteiger partial charge in [0.15, 0.2) is 5.96 Å². The lowest BCUT2D eigenvalue weighted by Gasteiger charge is -2.21. The zero-order chi connectivity index (χ0) is 17.3. The van der Waals surface area contributed by atoms with Crippen molar-refractivity contribution in [2.45, 2.75) is 38.9 Å². The maximum atomic E-state index is 12.4. The lowest BCUT2D eigenvalue weighted by atomic mass is 10.3. The first kappa shape index (κ1) is 20.0. The summed E-state index contributed by atoms with van der Waals surface area (Å²) in [5.41, 5.74) is 0. The average Bonchev–Trinajstić information content (AvgIpc) is 2.91. The van der Waals surface area contributed by atoms with E-state index in [9.17, 15) is 13.2 Å². The second-order valence-corrected chi connectivity index (χ2v) is 5.86. The van der Waals surface area contributed by atoms with Gasteiger partial charge < -0.3 is 15.5 Å². The number of rotatable bonds is 8. The molecular formula is C15H30F3N5. The van der Waals surface area contributed by atoms with Gasteiger partial charge in [-0.2, -0.15) is 13.2 Å². The van der Waals surface area contributed by atoms with Crippen molar-refractivity contribution in [1.29, 1.82) is 0 Å². The lowest BCUT2D eigenvalue weighted by molar-refractivity contribution is -0.143. The van der Waals surface area contributed by atoms with E-state index >= 15 is 0 Å². The number of halogens is 3. The molecule has 8 heteroatoms. The van der Waals surface area contributed by atoms with E-state index in [0.717, 1.165) is 32.6 Å². The van der Waals surface area contributed by atoms with Crippen molar-refractivity contribution in [2.24, 2.45) is 4.99 Å². The molecule has 2 N–H and O–H groups in total. The molecule has 1 aliphatic rings. The fourth-order valence-electron chi connectivity index (χ4n) is 2.78. The van der Waals surface area contributed by atoms with Crippen LogP contribution >= 0.6 is 0 Å². The van der Waals surface area contributed by atoms with Gasteiger partial charge in [0.05, 0.1) is 6.54 Å². The number of likely N-dealkylation sites (tertiary alicyclic amines) is 1. The molecule has 5 nitrogen and oxygen atoms in total. The van der Waals surface area contributed by atoms with Gasteiger partial charge in [0.25, 0.3) is 0 Å². The van der Waals surface area contributed by atoms with Gasteiger partial charge in [0, 0.05) is 32.7 Å². The molecule has 1 rings (SSSR count). The molecule has 136 valence electrons. The van der Waals surface area contributed by atoms with Gasteiger partial charge in [-0.15, -0.1) is 0 Å². The topological polar surface area (TPSA) is 42.9 Å². The largest absolute Gasteiger partial charge is 0.401 e. The maximum Gasteiger partial charge on any atom is 0.401 e. The molecule has 0 amide bonds. The predicted octanol–water partition coefficient (Wildman–Crippen LogP) is 1.52. The highest BCUT2D eigenvalue weighted by atomic mass is 19.4. The summed E-state index contributed by atoms with van der Waals surface area (Å²) in [6.45, 7) is 8.24. The standard InChI is InChI=1S/C15H30F3N5/c1-4-22(5-2)9-6-8-20-14(19-3)21-13-7-10-23(11-13)12-15(16,17)18/h13H,4-12H2,1-3H3,(H2,19,20,21). The van der Waals surface area contributed by atoms with Crippen LogP contribution < -0.4 is 10.6 Å². The van der Waals surface area contributed by atoms with Crippen molar-refractivity contribution in [1.82, 2.24) is 20.4 Å². The zero-order valence-corrected chi connectivity index (χ0v) is 14.4. The molecule has 0 aromatic carbocycles. The Kier molecular flexibility index (Phi) is 8.68. The highest BCUT2D eigenvalue weighted by Crippen LogP contribution is 2.19. The third-order valence-corrected chi connectivity index (χ3v) is 4.08. The van der Waals surface area contributed by atoms with Gasteiger partial charge in [-0.25, -0.2) is 0 Å². The van der Waals surface area contributed by atoms with Crippen molar-refractivity contribution in [3.05, 3.63) is 0 Å². The van der Waals surface area contributed by atoms with E-state index < -0.39 is 12.7 Å². The molecule has 0 bridgehead atoms. The molecule has 0 aromatic heterocycles. The van der Waals surface area contributed by atoms with E-state index in [1.54, 1.807) is 7.05 Å². The van der Waals surface area contributed by atoms with Crippen LogP contribution in [0.1, 0.15) is 26.7 Å². The Labute approximate surface area is 137 Å². The summed E-state index contributed by atoms with van der Waals surface area (Å²) < 4.78 is 37.2. The third-order valence-electron chi connectivity index (χ3n) is 4.08. The third kappa shape index (κ3) is 8.41. The molecule has 1 atom stereocenters. The summed E-state index contributed by atoms with van der Waals surface area (Å²) in [5.74, 6) is 0.670. The van der Waals surface area contributed by atoms with Gasteiger partial charge in [-0.05, 0) is 32.5 Å². The molecule has 1 fully saturated rings. The van der Waals surface area contributed by atoms with Crippen molar-refractivity contribution < 1.29 is 13.2 Å². The van der Waals surface area contributed by atoms with Gasteiger partial charge in [0.1, 0.15) is 0 Å². The minimum absolute atomic E-state index is 0.0198. The average molecular weight is 337 g/mol. The number of nitrogens with one attached hydrogen (secondary N) is 2. The Morgan fingerprint density at radius 2 is 2.00 bits per heavy atom. The maximum absolute atomic E-state index is 12.4. The minimum Gasteiger partial charge on any atom is -0.356 e. The lowest BCUT2D eigenvalue weighted by Crippen LogP contribution is -2.45. The summed E-state index contributed by atoms with van der Waals surface area (Å²) in [6.07, 6.45) is -2.41. The normalized spacial score (nSPS) is 20.3. The summed E-state index contributed by atoms with van der Waals surface area (Å²) in [6, 6.07) is 0.0198. The molecule has 0 saturated carbocycles. The molecule has 0 aromatic rings. The van der Waals surface area contributed by atoms with Crippen LogP contribution in [0.25, 0.3) is 0 Å². The van der Waals surface area contributed by atoms with E-state index in [1.165, 1.54) is 4.90 Å². The van der Waals surface area contributed by atoms with Crippen molar-refractivity contribution in [2.75, 3.05) is 52.9 Å². The molecule has 1 heterocycles. The number of nitrogens with zero attached hydrogens (tertiary/aromatic N) is 3. The molecular weight excluding hydrogens is 307 g/mol. The Balaban J connectivity index is 2.24. The van der Waals surface area contributed by atoms with Crippen molar-refractivity contribution in [3.63, 3.8) is 0 Å². The van der Waals surface area contributed by atoms with Gasteiger partial charge in [0.2, 0.25) is 0 Å². The van der Waals surface area contributed by atoms with E-state index in [4.69, 9.17) is 0 Å². The highest BCUT2D eigenvalue weighted by Gasteiger charge is 2.34.